The Kier molecular flexibility index (Phi) is 11.4. The van der Waals surface area contributed by atoms with E-state index in [1.807, 2.05) is 0 Å². The SMILES string of the molecule is Cc1ccc(N(c2ccc(-c3ccccc3)cc2)c2cc3c4c(c2)N(c2cccc(C(C)(C)C)c2)c2cc(C(C)(C)C)ccc2B4c2ccc(C(C)(C)C)cc2N3c2cccc(C(C)(C)C)c2)c(C)c1. The first-order valence-electron chi connectivity index (χ1n) is 25.4. The summed E-state index contributed by atoms with van der Waals surface area (Å²) in [5, 5.41) is 0. The maximum absolute atomic E-state index is 2.61. The fourth-order valence-corrected chi connectivity index (χ4v) is 10.7. The predicted octanol–water partition coefficient (Wildman–Crippen LogP) is 16.7. The molecule has 0 N–H and O–H groups in total. The number of nitrogens with zero attached hydrogens (tertiary/aromatic N) is 3. The van der Waals surface area contributed by atoms with Crippen molar-refractivity contribution < 1.29 is 0 Å². The minimum atomic E-state index is -0.0616. The summed E-state index contributed by atoms with van der Waals surface area (Å²) in [5.41, 5.74) is 24.4. The van der Waals surface area contributed by atoms with E-state index in [4.69, 9.17) is 0 Å². The van der Waals surface area contributed by atoms with Crippen molar-refractivity contribution in [2.75, 3.05) is 14.7 Å². The van der Waals surface area contributed by atoms with Crippen LogP contribution in [0.3, 0.4) is 0 Å². The van der Waals surface area contributed by atoms with E-state index < -0.39 is 0 Å². The first kappa shape index (κ1) is 46.9. The maximum atomic E-state index is 2.61. The van der Waals surface area contributed by atoms with E-state index in [0.29, 0.717) is 0 Å². The van der Waals surface area contributed by atoms with Crippen LogP contribution < -0.4 is 31.1 Å². The van der Waals surface area contributed by atoms with Crippen LogP contribution in [-0.2, 0) is 21.7 Å². The molecular formula is C66H70BN3. The zero-order valence-corrected chi connectivity index (χ0v) is 44.1. The molecular weight excluding hydrogens is 846 g/mol. The zero-order chi connectivity index (χ0) is 49.7. The molecule has 8 aromatic rings. The molecule has 2 aliphatic heterocycles. The van der Waals surface area contributed by atoms with Crippen LogP contribution in [-0.4, -0.2) is 6.71 Å². The Morgan fingerprint density at radius 3 is 1.29 bits per heavy atom. The highest BCUT2D eigenvalue weighted by molar-refractivity contribution is 7.00. The van der Waals surface area contributed by atoms with Crippen molar-refractivity contribution in [2.24, 2.45) is 0 Å². The Hall–Kier alpha value is -6.78. The van der Waals surface area contributed by atoms with Crippen molar-refractivity contribution in [3.63, 3.8) is 0 Å². The van der Waals surface area contributed by atoms with Gasteiger partial charge in [0.05, 0.1) is 5.69 Å². The van der Waals surface area contributed by atoms with E-state index in [1.54, 1.807) is 0 Å². The van der Waals surface area contributed by atoms with Crippen molar-refractivity contribution in [3.05, 3.63) is 203 Å². The van der Waals surface area contributed by atoms with Crippen LogP contribution in [0.1, 0.15) is 116 Å². The molecule has 0 saturated heterocycles. The number of hydrogen-bond donors (Lipinski definition) is 0. The molecule has 352 valence electrons. The number of hydrogen-bond acceptors (Lipinski definition) is 3. The fraction of sp³-hybridized carbons (Fsp3) is 0.273. The summed E-state index contributed by atoms with van der Waals surface area (Å²) in [6, 6.07) is 65.1. The van der Waals surface area contributed by atoms with Crippen molar-refractivity contribution in [1.29, 1.82) is 0 Å². The highest BCUT2D eigenvalue weighted by Crippen LogP contribution is 2.50. The van der Waals surface area contributed by atoms with Gasteiger partial charge in [-0.3, -0.25) is 0 Å². The lowest BCUT2D eigenvalue weighted by Gasteiger charge is -2.46. The summed E-state index contributed by atoms with van der Waals surface area (Å²) < 4.78 is 0. The molecule has 0 radical (unpaired) electrons. The summed E-state index contributed by atoms with van der Waals surface area (Å²) >= 11 is 0. The van der Waals surface area contributed by atoms with Gasteiger partial charge in [-0.2, -0.15) is 0 Å². The van der Waals surface area contributed by atoms with Crippen molar-refractivity contribution in [1.82, 2.24) is 0 Å². The van der Waals surface area contributed by atoms with Gasteiger partial charge < -0.3 is 14.7 Å². The average molecular weight is 916 g/mol. The molecule has 8 aromatic carbocycles. The molecule has 0 atom stereocenters. The quantitative estimate of drug-likeness (QED) is 0.154. The lowest BCUT2D eigenvalue weighted by Crippen LogP contribution is -2.61. The van der Waals surface area contributed by atoms with Crippen LogP contribution in [0.2, 0.25) is 0 Å². The molecule has 2 aliphatic rings. The summed E-state index contributed by atoms with van der Waals surface area (Å²) in [7, 11) is 0. The maximum Gasteiger partial charge on any atom is 0.252 e. The first-order chi connectivity index (χ1) is 33.1. The molecule has 4 heteroatoms. The number of anilines is 9. The lowest BCUT2D eigenvalue weighted by molar-refractivity contribution is 0.589. The Labute approximate surface area is 419 Å². The lowest BCUT2D eigenvalue weighted by atomic mass is 9.33. The Morgan fingerprint density at radius 1 is 0.371 bits per heavy atom. The van der Waals surface area contributed by atoms with Gasteiger partial charge in [0, 0.05) is 45.5 Å². The van der Waals surface area contributed by atoms with Crippen LogP contribution in [0.25, 0.3) is 11.1 Å². The molecule has 0 aliphatic carbocycles. The summed E-state index contributed by atoms with van der Waals surface area (Å²) in [4.78, 5) is 7.72. The van der Waals surface area contributed by atoms with Gasteiger partial charge in [-0.25, -0.2) is 0 Å². The molecule has 10 rings (SSSR count). The largest absolute Gasteiger partial charge is 0.311 e. The van der Waals surface area contributed by atoms with E-state index >= 15 is 0 Å². The zero-order valence-electron chi connectivity index (χ0n) is 44.1. The molecule has 2 heterocycles. The van der Waals surface area contributed by atoms with Gasteiger partial charge in [-0.15, -0.1) is 0 Å². The van der Waals surface area contributed by atoms with Gasteiger partial charge in [0.15, 0.2) is 0 Å². The van der Waals surface area contributed by atoms with Gasteiger partial charge in [-0.1, -0.05) is 192 Å². The van der Waals surface area contributed by atoms with E-state index in [9.17, 15) is 0 Å². The van der Waals surface area contributed by atoms with Crippen molar-refractivity contribution in [2.45, 2.75) is 119 Å². The number of benzene rings is 8. The minimum Gasteiger partial charge on any atom is -0.311 e. The molecule has 0 amide bonds. The number of rotatable bonds is 6. The Bertz CT molecular complexity index is 3130. The predicted molar refractivity (Wildman–Crippen MR) is 305 cm³/mol. The van der Waals surface area contributed by atoms with Gasteiger partial charge in [0.2, 0.25) is 0 Å². The number of fused-ring (bicyclic) bond motifs is 4. The molecule has 0 aromatic heterocycles. The minimum absolute atomic E-state index is 0.0177. The molecule has 0 fully saturated rings. The fourth-order valence-electron chi connectivity index (χ4n) is 10.7. The molecule has 3 nitrogen and oxygen atoms in total. The Balaban J connectivity index is 1.36. The van der Waals surface area contributed by atoms with Crippen LogP contribution in [0, 0.1) is 13.8 Å². The average Bonchev–Trinajstić information content (AvgIpc) is 3.31. The molecule has 0 saturated carbocycles. The third kappa shape index (κ3) is 8.44. The Morgan fingerprint density at radius 2 is 0.829 bits per heavy atom. The number of aryl methyl sites for hydroxylation is 2. The summed E-state index contributed by atoms with van der Waals surface area (Å²) in [6.45, 7) is 32.4. The topological polar surface area (TPSA) is 9.72 Å². The van der Waals surface area contributed by atoms with Gasteiger partial charge in [0.25, 0.3) is 6.71 Å². The smallest absolute Gasteiger partial charge is 0.252 e. The van der Waals surface area contributed by atoms with Gasteiger partial charge >= 0.3 is 0 Å². The standard InChI is InChI=1S/C66H70BN3/c1-43-26-35-57(44(2)36-43)68(51-31-27-46(28-32-51)45-20-16-15-17-21-45)54-41-60-62-61(42-54)70(53-25-19-23-48(38-53)64(6,7)8)59-40-50(66(12,13)14)30-34-56(59)67(62)55-33-29-49(65(9,10)11)39-58(55)69(60)52-24-18-22-47(37-52)63(3,4)5/h15-42H,1-14H3. The summed E-state index contributed by atoms with van der Waals surface area (Å²) in [5.74, 6) is 0. The molecule has 0 unspecified atom stereocenters. The van der Waals surface area contributed by atoms with Crippen molar-refractivity contribution >= 4 is 74.3 Å². The van der Waals surface area contributed by atoms with Gasteiger partial charge in [-0.05, 0) is 158 Å². The van der Waals surface area contributed by atoms with Crippen LogP contribution in [0.5, 0.6) is 0 Å². The van der Waals surface area contributed by atoms with Crippen molar-refractivity contribution in [3.8, 4) is 11.1 Å². The first-order valence-corrected chi connectivity index (χ1v) is 25.4. The molecule has 70 heavy (non-hydrogen) atoms. The molecule has 0 spiro atoms. The normalized spacial score (nSPS) is 13.5. The van der Waals surface area contributed by atoms with E-state index in [2.05, 4.69) is 281 Å². The van der Waals surface area contributed by atoms with Gasteiger partial charge in [0.1, 0.15) is 0 Å². The molecule has 0 bridgehead atoms. The van der Waals surface area contributed by atoms with E-state index in [1.165, 1.54) is 83.6 Å². The second kappa shape index (κ2) is 17.0. The van der Waals surface area contributed by atoms with Crippen LogP contribution in [0.15, 0.2) is 170 Å². The third-order valence-corrected chi connectivity index (χ3v) is 14.8. The highest BCUT2D eigenvalue weighted by atomic mass is 15.2. The van der Waals surface area contributed by atoms with Crippen LogP contribution >= 0.6 is 0 Å². The van der Waals surface area contributed by atoms with E-state index in [0.717, 1.165) is 28.4 Å². The monoisotopic (exact) mass is 916 g/mol. The van der Waals surface area contributed by atoms with Crippen LogP contribution in [0.4, 0.5) is 51.2 Å². The second-order valence-corrected chi connectivity index (χ2v) is 24.2. The summed E-state index contributed by atoms with van der Waals surface area (Å²) in [6.07, 6.45) is 0. The van der Waals surface area contributed by atoms with E-state index in [-0.39, 0.29) is 28.4 Å². The highest BCUT2D eigenvalue weighted by Gasteiger charge is 2.45. The third-order valence-electron chi connectivity index (χ3n) is 14.8. The second-order valence-electron chi connectivity index (χ2n) is 24.2.